The van der Waals surface area contributed by atoms with Crippen LogP contribution in [-0.2, 0) is 6.54 Å². The molecular weight excluding hydrogens is 264 g/mol. The first-order valence-electron chi connectivity index (χ1n) is 5.65. The van der Waals surface area contributed by atoms with E-state index < -0.39 is 11.7 Å². The first-order chi connectivity index (χ1) is 9.56. The maximum absolute atomic E-state index is 12.2. The number of hydrogen-bond donors (Lipinski definition) is 2. The van der Waals surface area contributed by atoms with Gasteiger partial charge in [-0.05, 0) is 12.1 Å². The zero-order valence-corrected chi connectivity index (χ0v) is 10.2. The van der Waals surface area contributed by atoms with Crippen LogP contribution in [0.1, 0.15) is 4.79 Å². The Kier molecular flexibility index (Phi) is 2.53. The van der Waals surface area contributed by atoms with E-state index in [0.717, 1.165) is 4.57 Å². The van der Waals surface area contributed by atoms with E-state index in [-0.39, 0.29) is 23.6 Å². The first kappa shape index (κ1) is 12.0. The number of carbonyl (C=O) groups is 1. The summed E-state index contributed by atoms with van der Waals surface area (Å²) in [6.45, 7) is -0.187. The van der Waals surface area contributed by atoms with E-state index in [1.54, 1.807) is 18.2 Å². The van der Waals surface area contributed by atoms with Crippen LogP contribution in [0.3, 0.4) is 0 Å². The Morgan fingerprint density at radius 2 is 2.15 bits per heavy atom. The third-order valence-corrected chi connectivity index (χ3v) is 2.74. The topological polar surface area (TPSA) is 135 Å². The Morgan fingerprint density at radius 3 is 2.85 bits per heavy atom. The summed E-state index contributed by atoms with van der Waals surface area (Å²) < 4.78 is 7.12. The largest absolute Gasteiger partial charge is 0.427 e. The van der Waals surface area contributed by atoms with Crippen LogP contribution in [0.25, 0.3) is 11.1 Å². The SMILES string of the molecule is Nc1cn(CC(=O)n2c(=O)oc3c(N)cccc32)nn1. The monoisotopic (exact) mass is 274 g/mol. The fourth-order valence-electron chi connectivity index (χ4n) is 1.90. The highest BCUT2D eigenvalue weighted by atomic mass is 16.4. The van der Waals surface area contributed by atoms with Gasteiger partial charge >= 0.3 is 5.76 Å². The maximum atomic E-state index is 12.2. The number of para-hydroxylation sites is 1. The lowest BCUT2D eigenvalue weighted by molar-refractivity contribution is 0.0882. The molecule has 4 N–H and O–H groups in total. The van der Waals surface area contributed by atoms with E-state index in [9.17, 15) is 9.59 Å². The Labute approximate surface area is 111 Å². The maximum Gasteiger partial charge on any atom is 0.427 e. The van der Waals surface area contributed by atoms with Crippen molar-refractivity contribution in [2.45, 2.75) is 6.54 Å². The molecule has 0 spiro atoms. The van der Waals surface area contributed by atoms with E-state index >= 15 is 0 Å². The van der Waals surface area contributed by atoms with E-state index in [0.29, 0.717) is 5.52 Å². The van der Waals surface area contributed by atoms with E-state index in [1.165, 1.54) is 10.9 Å². The molecule has 0 atom stereocenters. The number of carbonyl (C=O) groups excluding carboxylic acids is 1. The first-order valence-corrected chi connectivity index (χ1v) is 5.65. The molecule has 20 heavy (non-hydrogen) atoms. The molecular formula is C11H10N6O3. The average molecular weight is 274 g/mol. The minimum Gasteiger partial charge on any atom is -0.405 e. The van der Waals surface area contributed by atoms with Gasteiger partial charge in [0.15, 0.2) is 11.4 Å². The summed E-state index contributed by atoms with van der Waals surface area (Å²) in [6.07, 6.45) is 1.39. The smallest absolute Gasteiger partial charge is 0.405 e. The van der Waals surface area contributed by atoms with Crippen LogP contribution >= 0.6 is 0 Å². The Bertz CT molecular complexity index is 859. The number of hydrogen-bond acceptors (Lipinski definition) is 7. The summed E-state index contributed by atoms with van der Waals surface area (Å²) in [5.74, 6) is -1.13. The zero-order valence-electron chi connectivity index (χ0n) is 10.2. The Morgan fingerprint density at radius 1 is 1.35 bits per heavy atom. The van der Waals surface area contributed by atoms with Gasteiger partial charge in [-0.3, -0.25) is 4.79 Å². The lowest BCUT2D eigenvalue weighted by atomic mass is 10.3. The van der Waals surface area contributed by atoms with E-state index in [4.69, 9.17) is 15.9 Å². The highest BCUT2D eigenvalue weighted by Crippen LogP contribution is 2.19. The molecule has 2 aromatic heterocycles. The Balaban J connectivity index is 2.06. The van der Waals surface area contributed by atoms with Crippen LogP contribution in [0.4, 0.5) is 11.5 Å². The van der Waals surface area contributed by atoms with Crippen molar-refractivity contribution in [3.63, 3.8) is 0 Å². The standard InChI is InChI=1S/C11H10N6O3/c12-6-2-1-3-7-10(6)20-11(19)17(7)9(18)5-16-4-8(13)14-15-16/h1-4H,5,12-13H2. The number of benzene rings is 1. The minimum atomic E-state index is -0.795. The van der Waals surface area contributed by atoms with E-state index in [1.807, 2.05) is 0 Å². The van der Waals surface area contributed by atoms with Crippen molar-refractivity contribution >= 4 is 28.5 Å². The quantitative estimate of drug-likeness (QED) is 0.612. The van der Waals surface area contributed by atoms with Crippen molar-refractivity contribution in [3.05, 3.63) is 34.9 Å². The molecule has 3 aromatic rings. The highest BCUT2D eigenvalue weighted by molar-refractivity contribution is 5.93. The third kappa shape index (κ3) is 1.81. The van der Waals surface area contributed by atoms with Crippen molar-refractivity contribution in [1.29, 1.82) is 0 Å². The van der Waals surface area contributed by atoms with Gasteiger partial charge < -0.3 is 15.9 Å². The highest BCUT2D eigenvalue weighted by Gasteiger charge is 2.18. The number of nitrogens with zero attached hydrogens (tertiary/aromatic N) is 4. The van der Waals surface area contributed by atoms with Crippen LogP contribution in [0.2, 0.25) is 0 Å². The average Bonchev–Trinajstić information content (AvgIpc) is 2.93. The van der Waals surface area contributed by atoms with Gasteiger partial charge in [0.05, 0.1) is 11.9 Å². The second kappa shape index (κ2) is 4.23. The lowest BCUT2D eigenvalue weighted by Gasteiger charge is -2.01. The van der Waals surface area contributed by atoms with Gasteiger partial charge in [0.25, 0.3) is 5.91 Å². The van der Waals surface area contributed by atoms with E-state index in [2.05, 4.69) is 10.3 Å². The molecule has 0 aliphatic rings. The van der Waals surface area contributed by atoms with Gasteiger partial charge in [-0.25, -0.2) is 14.0 Å². The molecule has 9 heteroatoms. The van der Waals surface area contributed by atoms with Crippen molar-refractivity contribution < 1.29 is 9.21 Å². The fraction of sp³-hybridized carbons (Fsp3) is 0.0909. The number of aromatic nitrogens is 4. The van der Waals surface area contributed by atoms with Crippen molar-refractivity contribution in [1.82, 2.24) is 19.6 Å². The Hall–Kier alpha value is -3.10. The minimum absolute atomic E-state index is 0.184. The van der Waals surface area contributed by atoms with Gasteiger partial charge in [0, 0.05) is 0 Å². The molecule has 0 saturated carbocycles. The van der Waals surface area contributed by atoms with Gasteiger partial charge in [-0.15, -0.1) is 5.10 Å². The van der Waals surface area contributed by atoms with Crippen LogP contribution in [0, 0.1) is 0 Å². The predicted molar refractivity (Wildman–Crippen MR) is 69.9 cm³/mol. The van der Waals surface area contributed by atoms with Gasteiger partial charge in [0.1, 0.15) is 12.1 Å². The summed E-state index contributed by atoms with van der Waals surface area (Å²) >= 11 is 0. The predicted octanol–water partition coefficient (Wildman–Crippen LogP) is -0.309. The molecule has 0 fully saturated rings. The van der Waals surface area contributed by atoms with Crippen LogP contribution in [0.15, 0.2) is 33.6 Å². The second-order valence-corrected chi connectivity index (χ2v) is 4.13. The second-order valence-electron chi connectivity index (χ2n) is 4.13. The van der Waals surface area contributed by atoms with Gasteiger partial charge in [-0.2, -0.15) is 0 Å². The fourth-order valence-corrected chi connectivity index (χ4v) is 1.90. The van der Waals surface area contributed by atoms with Gasteiger partial charge in [-0.1, -0.05) is 11.3 Å². The molecule has 0 saturated heterocycles. The molecule has 9 nitrogen and oxygen atoms in total. The number of anilines is 2. The molecule has 102 valence electrons. The third-order valence-electron chi connectivity index (χ3n) is 2.74. The number of nitrogen functional groups attached to an aromatic ring is 2. The van der Waals surface area contributed by atoms with Crippen LogP contribution in [-0.4, -0.2) is 25.5 Å². The van der Waals surface area contributed by atoms with Crippen LogP contribution < -0.4 is 17.2 Å². The number of rotatable bonds is 2. The molecule has 0 aliphatic carbocycles. The van der Waals surface area contributed by atoms with Crippen molar-refractivity contribution in [2.75, 3.05) is 11.5 Å². The van der Waals surface area contributed by atoms with Crippen molar-refractivity contribution in [3.8, 4) is 0 Å². The molecule has 0 bridgehead atoms. The molecule has 0 unspecified atom stereocenters. The molecule has 2 heterocycles. The summed E-state index contributed by atoms with van der Waals surface area (Å²) in [5, 5.41) is 7.20. The summed E-state index contributed by atoms with van der Waals surface area (Å²) in [4.78, 5) is 23.9. The van der Waals surface area contributed by atoms with Gasteiger partial charge in [0.2, 0.25) is 0 Å². The molecule has 0 radical (unpaired) electrons. The summed E-state index contributed by atoms with van der Waals surface area (Å²) in [6, 6.07) is 4.78. The summed E-state index contributed by atoms with van der Waals surface area (Å²) in [5.41, 5.74) is 11.9. The zero-order chi connectivity index (χ0) is 14.3. The molecule has 1 aromatic carbocycles. The molecule has 0 amide bonds. The van der Waals surface area contributed by atoms with Crippen LogP contribution in [0.5, 0.6) is 0 Å². The number of nitrogens with two attached hydrogens (primary N) is 2. The number of oxazole rings is 1. The summed E-state index contributed by atoms with van der Waals surface area (Å²) in [7, 11) is 0. The van der Waals surface area contributed by atoms with Crippen molar-refractivity contribution in [2.24, 2.45) is 0 Å². The number of fused-ring (bicyclic) bond motifs is 1. The molecule has 3 rings (SSSR count). The lowest BCUT2D eigenvalue weighted by Crippen LogP contribution is -2.26. The molecule has 0 aliphatic heterocycles. The normalized spacial score (nSPS) is 11.0.